The van der Waals surface area contributed by atoms with Crippen molar-refractivity contribution in [2.24, 2.45) is 7.05 Å². The van der Waals surface area contributed by atoms with Crippen LogP contribution in [0.5, 0.6) is 5.88 Å². The van der Waals surface area contributed by atoms with E-state index in [9.17, 15) is 9.50 Å². The van der Waals surface area contributed by atoms with E-state index in [0.29, 0.717) is 16.5 Å². The van der Waals surface area contributed by atoms with Crippen molar-refractivity contribution in [2.45, 2.75) is 6.54 Å². The number of aromatic hydroxyl groups is 1. The maximum atomic E-state index is 14.9. The molecule has 0 spiro atoms. The fourth-order valence-corrected chi connectivity index (χ4v) is 3.63. The largest absolute Gasteiger partial charge is 0.494 e. The highest BCUT2D eigenvalue weighted by Gasteiger charge is 2.13. The lowest BCUT2D eigenvalue weighted by Gasteiger charge is -2.09. The second-order valence-corrected chi connectivity index (χ2v) is 6.86. The fourth-order valence-electron chi connectivity index (χ4n) is 3.63. The lowest BCUT2D eigenvalue weighted by molar-refractivity contribution is 0.428. The summed E-state index contributed by atoms with van der Waals surface area (Å²) in [6, 6.07) is 14.6. The number of aryl methyl sites for hydroxylation is 1. The van der Waals surface area contributed by atoms with Crippen molar-refractivity contribution in [2.75, 3.05) is 0 Å². The van der Waals surface area contributed by atoms with Crippen LogP contribution in [0.2, 0.25) is 0 Å². The molecule has 0 fully saturated rings. The Hall–Kier alpha value is -3.67. The monoisotopic (exact) mass is 372 g/mol. The van der Waals surface area contributed by atoms with Crippen LogP contribution in [-0.4, -0.2) is 24.4 Å². The lowest BCUT2D eigenvalue weighted by Crippen LogP contribution is -2.00. The van der Waals surface area contributed by atoms with Crippen LogP contribution in [0.1, 0.15) is 5.56 Å². The van der Waals surface area contributed by atoms with Gasteiger partial charge in [-0.2, -0.15) is 5.10 Å². The van der Waals surface area contributed by atoms with E-state index in [1.54, 1.807) is 39.8 Å². The molecule has 0 amide bonds. The molecule has 0 aliphatic rings. The molecule has 0 radical (unpaired) electrons. The fraction of sp³-hybridized carbons (Fsp3) is 0.0909. The Morgan fingerprint density at radius 2 is 1.89 bits per heavy atom. The zero-order valence-corrected chi connectivity index (χ0v) is 15.2. The molecule has 3 aromatic heterocycles. The van der Waals surface area contributed by atoms with Crippen molar-refractivity contribution in [1.82, 2.24) is 19.3 Å². The third kappa shape index (κ3) is 2.62. The van der Waals surface area contributed by atoms with Gasteiger partial charge >= 0.3 is 0 Å². The van der Waals surface area contributed by atoms with Crippen LogP contribution in [0.25, 0.3) is 32.9 Å². The van der Waals surface area contributed by atoms with Crippen molar-refractivity contribution in [3.63, 3.8) is 0 Å². The van der Waals surface area contributed by atoms with E-state index in [4.69, 9.17) is 0 Å². The highest BCUT2D eigenvalue weighted by atomic mass is 19.1. The van der Waals surface area contributed by atoms with Gasteiger partial charge in [-0.25, -0.2) is 4.39 Å². The summed E-state index contributed by atoms with van der Waals surface area (Å²) in [6.45, 7) is 0.228. The zero-order chi connectivity index (χ0) is 19.3. The maximum absolute atomic E-state index is 14.9. The number of benzene rings is 2. The molecule has 6 heteroatoms. The van der Waals surface area contributed by atoms with Crippen molar-refractivity contribution < 1.29 is 9.50 Å². The van der Waals surface area contributed by atoms with Gasteiger partial charge in [-0.1, -0.05) is 24.3 Å². The number of rotatable bonds is 3. The van der Waals surface area contributed by atoms with Gasteiger partial charge in [0, 0.05) is 36.6 Å². The zero-order valence-electron chi connectivity index (χ0n) is 15.2. The number of halogens is 1. The number of aromatic nitrogens is 4. The van der Waals surface area contributed by atoms with Crippen molar-refractivity contribution >= 4 is 21.8 Å². The highest BCUT2D eigenvalue weighted by Crippen LogP contribution is 2.30. The number of pyridine rings is 1. The summed E-state index contributed by atoms with van der Waals surface area (Å²) >= 11 is 0. The molecule has 28 heavy (non-hydrogen) atoms. The van der Waals surface area contributed by atoms with Gasteiger partial charge in [0.15, 0.2) is 0 Å². The van der Waals surface area contributed by atoms with Gasteiger partial charge in [0.1, 0.15) is 5.82 Å². The summed E-state index contributed by atoms with van der Waals surface area (Å²) < 4.78 is 18.2. The maximum Gasteiger partial charge on any atom is 0.201 e. The first-order valence-electron chi connectivity index (χ1n) is 8.94. The minimum atomic E-state index is -0.316. The molecule has 0 atom stereocenters. The van der Waals surface area contributed by atoms with Gasteiger partial charge in [-0.15, -0.1) is 0 Å². The van der Waals surface area contributed by atoms with E-state index in [1.165, 1.54) is 6.07 Å². The first-order chi connectivity index (χ1) is 13.6. The summed E-state index contributed by atoms with van der Waals surface area (Å²) in [5.41, 5.74) is 3.79. The van der Waals surface area contributed by atoms with Crippen molar-refractivity contribution in [3.05, 3.63) is 78.5 Å². The van der Waals surface area contributed by atoms with Gasteiger partial charge in [0.05, 0.1) is 23.0 Å². The quantitative estimate of drug-likeness (QED) is 0.508. The van der Waals surface area contributed by atoms with Gasteiger partial charge in [-0.05, 0) is 35.4 Å². The van der Waals surface area contributed by atoms with Crippen LogP contribution in [0.3, 0.4) is 0 Å². The lowest BCUT2D eigenvalue weighted by atomic mass is 10.0. The summed E-state index contributed by atoms with van der Waals surface area (Å²) in [4.78, 5) is 4.23. The van der Waals surface area contributed by atoms with Crippen LogP contribution in [-0.2, 0) is 13.6 Å². The molecule has 5 rings (SSSR count). The summed E-state index contributed by atoms with van der Waals surface area (Å²) in [6.07, 6.45) is 5.34. The Balaban J connectivity index is 1.53. The van der Waals surface area contributed by atoms with Gasteiger partial charge in [0.2, 0.25) is 5.88 Å². The van der Waals surface area contributed by atoms with E-state index < -0.39 is 0 Å². The first-order valence-corrected chi connectivity index (χ1v) is 8.94. The van der Waals surface area contributed by atoms with Crippen molar-refractivity contribution in [3.8, 4) is 17.0 Å². The third-order valence-corrected chi connectivity index (χ3v) is 5.00. The molecule has 0 aliphatic carbocycles. The number of hydrogen-bond acceptors (Lipinski definition) is 3. The van der Waals surface area contributed by atoms with E-state index in [2.05, 4.69) is 10.1 Å². The Morgan fingerprint density at radius 3 is 2.71 bits per heavy atom. The summed E-state index contributed by atoms with van der Waals surface area (Å²) in [5.74, 6) is -0.227. The Morgan fingerprint density at radius 1 is 1.00 bits per heavy atom. The predicted octanol–water partition coefficient (Wildman–Crippen LogP) is 4.48. The first kappa shape index (κ1) is 16.5. The van der Waals surface area contributed by atoms with Crippen LogP contribution < -0.4 is 0 Å². The molecule has 0 bridgehead atoms. The van der Waals surface area contributed by atoms with Crippen LogP contribution in [0, 0.1) is 5.82 Å². The Kier molecular flexibility index (Phi) is 3.65. The smallest absolute Gasteiger partial charge is 0.201 e. The molecule has 2 aromatic carbocycles. The SMILES string of the molecule is Cn1cc2c(-c3ccc(Cn4cc5ncccc5c4O)c(F)c3)cccc2n1. The number of hydrogen-bond donors (Lipinski definition) is 1. The molecule has 1 N–H and O–H groups in total. The molecule has 0 saturated heterocycles. The molecular formula is C22H17FN4O. The van der Waals surface area contributed by atoms with Gasteiger partial charge < -0.3 is 9.67 Å². The standard InChI is InChI=1S/C22H17FN4O/c1-26-12-18-16(4-2-6-20(18)25-26)14-7-8-15(19(23)10-14)11-27-13-21-17(22(27)28)5-3-9-24-21/h2-10,12-13,28H,11H2,1H3. The minimum absolute atomic E-state index is 0.0895. The molecule has 5 nitrogen and oxygen atoms in total. The molecular weight excluding hydrogens is 355 g/mol. The average Bonchev–Trinajstić information content (AvgIpc) is 3.22. The normalized spacial score (nSPS) is 11.5. The van der Waals surface area contributed by atoms with Crippen molar-refractivity contribution in [1.29, 1.82) is 0 Å². The Labute approximate surface area is 160 Å². The van der Waals surface area contributed by atoms with E-state index in [1.807, 2.05) is 37.5 Å². The molecule has 0 saturated carbocycles. The van der Waals surface area contributed by atoms with E-state index in [-0.39, 0.29) is 18.2 Å². The van der Waals surface area contributed by atoms with Gasteiger partial charge in [-0.3, -0.25) is 9.67 Å². The number of fused-ring (bicyclic) bond motifs is 2. The molecule has 0 unspecified atom stereocenters. The van der Waals surface area contributed by atoms with Crippen LogP contribution >= 0.6 is 0 Å². The van der Waals surface area contributed by atoms with Crippen LogP contribution in [0.15, 0.2) is 67.1 Å². The minimum Gasteiger partial charge on any atom is -0.494 e. The predicted molar refractivity (Wildman–Crippen MR) is 107 cm³/mol. The summed E-state index contributed by atoms with van der Waals surface area (Å²) in [5, 5.41) is 16.4. The van der Waals surface area contributed by atoms with Crippen LogP contribution in [0.4, 0.5) is 4.39 Å². The van der Waals surface area contributed by atoms with E-state index >= 15 is 0 Å². The molecule has 0 aliphatic heterocycles. The molecule has 3 heterocycles. The third-order valence-electron chi connectivity index (χ3n) is 5.00. The molecule has 5 aromatic rings. The second kappa shape index (κ2) is 6.20. The number of nitrogens with zero attached hydrogens (tertiary/aromatic N) is 4. The summed E-state index contributed by atoms with van der Waals surface area (Å²) in [7, 11) is 1.87. The highest BCUT2D eigenvalue weighted by molar-refractivity contribution is 5.94. The topological polar surface area (TPSA) is 55.9 Å². The Bertz CT molecular complexity index is 1340. The second-order valence-electron chi connectivity index (χ2n) is 6.86. The molecule has 138 valence electrons. The van der Waals surface area contributed by atoms with Gasteiger partial charge in [0.25, 0.3) is 0 Å². The van der Waals surface area contributed by atoms with E-state index in [0.717, 1.165) is 22.0 Å². The average molecular weight is 372 g/mol.